The van der Waals surface area contributed by atoms with Crippen molar-refractivity contribution in [3.8, 4) is 0 Å². The largest absolute Gasteiger partial charge is 0.344 e. The Labute approximate surface area is 114 Å². The zero-order valence-corrected chi connectivity index (χ0v) is 11.7. The Balaban J connectivity index is 2.26. The Hall–Kier alpha value is -1.89. The van der Waals surface area contributed by atoms with Crippen LogP contribution in [0.25, 0.3) is 0 Å². The van der Waals surface area contributed by atoms with Gasteiger partial charge in [0.1, 0.15) is 5.03 Å². The topological polar surface area (TPSA) is 80.6 Å². The molecular formula is C12H14N4O2S. The molecule has 0 spiro atoms. The van der Waals surface area contributed by atoms with Crippen LogP contribution in [0.5, 0.6) is 0 Å². The van der Waals surface area contributed by atoms with Crippen molar-refractivity contribution in [1.29, 1.82) is 0 Å². The van der Waals surface area contributed by atoms with Crippen LogP contribution in [0.1, 0.15) is 37.2 Å². The second kappa shape index (κ2) is 5.40. The summed E-state index contributed by atoms with van der Waals surface area (Å²) in [5.74, 6) is -0.0251. The smallest absolute Gasteiger partial charge is 0.294 e. The molecule has 1 N–H and O–H groups in total. The van der Waals surface area contributed by atoms with Crippen LogP contribution in [-0.2, 0) is 0 Å². The van der Waals surface area contributed by atoms with E-state index in [4.69, 9.17) is 0 Å². The van der Waals surface area contributed by atoms with Crippen LogP contribution in [0, 0.1) is 0 Å². The molecule has 0 aliphatic rings. The van der Waals surface area contributed by atoms with Gasteiger partial charge in [-0.15, -0.1) is 5.10 Å². The Morgan fingerprint density at radius 2 is 2.16 bits per heavy atom. The number of carbonyl (C=O) groups excluding carboxylic acids is 1. The van der Waals surface area contributed by atoms with E-state index in [1.807, 2.05) is 13.8 Å². The number of pyridine rings is 1. The molecule has 100 valence electrons. The van der Waals surface area contributed by atoms with Crippen molar-refractivity contribution in [3.63, 3.8) is 0 Å². The standard InChI is InChI=1S/C12H14N4O2S/c1-7(2)16-11(18)14-15-12(16)19-10-5-4-9(6-13-10)8(3)17/h4-7H,1-3H3,(H,14,18). The van der Waals surface area contributed by atoms with Gasteiger partial charge in [0, 0.05) is 17.8 Å². The Bertz CT molecular complexity index is 642. The molecule has 2 rings (SSSR count). The molecule has 0 fully saturated rings. The first-order valence-corrected chi connectivity index (χ1v) is 6.62. The van der Waals surface area contributed by atoms with Crippen LogP contribution in [0.15, 0.2) is 33.3 Å². The molecule has 0 aliphatic carbocycles. The number of nitrogens with zero attached hydrogens (tertiary/aromatic N) is 3. The van der Waals surface area contributed by atoms with Gasteiger partial charge >= 0.3 is 5.69 Å². The van der Waals surface area contributed by atoms with Gasteiger partial charge in [-0.1, -0.05) is 0 Å². The fourth-order valence-corrected chi connectivity index (χ4v) is 2.47. The first kappa shape index (κ1) is 13.5. The summed E-state index contributed by atoms with van der Waals surface area (Å²) in [5.41, 5.74) is 0.325. The molecule has 7 heteroatoms. The first-order valence-electron chi connectivity index (χ1n) is 5.80. The molecule has 0 saturated carbocycles. The SMILES string of the molecule is CC(=O)c1ccc(Sc2n[nH]c(=O)n2C(C)C)nc1. The summed E-state index contributed by atoms with van der Waals surface area (Å²) < 4.78 is 1.56. The second-order valence-corrected chi connectivity index (χ2v) is 5.31. The third-order valence-electron chi connectivity index (χ3n) is 2.53. The predicted molar refractivity (Wildman–Crippen MR) is 71.6 cm³/mol. The summed E-state index contributed by atoms with van der Waals surface area (Å²) in [6, 6.07) is 3.47. The van der Waals surface area contributed by atoms with Crippen molar-refractivity contribution < 1.29 is 4.79 Å². The summed E-state index contributed by atoms with van der Waals surface area (Å²) >= 11 is 1.28. The van der Waals surface area contributed by atoms with Crippen LogP contribution >= 0.6 is 11.8 Å². The monoisotopic (exact) mass is 278 g/mol. The number of aromatic nitrogens is 4. The molecule has 0 atom stereocenters. The maximum Gasteiger partial charge on any atom is 0.344 e. The third-order valence-corrected chi connectivity index (χ3v) is 3.45. The number of carbonyl (C=O) groups is 1. The van der Waals surface area contributed by atoms with E-state index in [-0.39, 0.29) is 17.5 Å². The molecule has 2 aromatic rings. The fourth-order valence-electron chi connectivity index (χ4n) is 1.56. The van der Waals surface area contributed by atoms with Crippen molar-refractivity contribution >= 4 is 17.5 Å². The minimum absolute atomic E-state index is 0.0187. The van der Waals surface area contributed by atoms with Crippen LogP contribution in [-0.4, -0.2) is 25.5 Å². The van der Waals surface area contributed by atoms with Gasteiger partial charge in [-0.2, -0.15) is 0 Å². The number of hydrogen-bond donors (Lipinski definition) is 1. The molecule has 0 bridgehead atoms. The van der Waals surface area contributed by atoms with Gasteiger partial charge in [-0.25, -0.2) is 14.9 Å². The number of aromatic amines is 1. The highest BCUT2D eigenvalue weighted by Gasteiger charge is 2.13. The van der Waals surface area contributed by atoms with Crippen molar-refractivity contribution in [1.82, 2.24) is 19.7 Å². The Morgan fingerprint density at radius 3 is 2.68 bits per heavy atom. The molecule has 2 aromatic heterocycles. The molecule has 0 aliphatic heterocycles. The molecule has 2 heterocycles. The van der Waals surface area contributed by atoms with Crippen molar-refractivity contribution in [3.05, 3.63) is 34.4 Å². The van der Waals surface area contributed by atoms with E-state index >= 15 is 0 Å². The zero-order chi connectivity index (χ0) is 14.0. The molecule has 0 amide bonds. The maximum absolute atomic E-state index is 11.6. The van der Waals surface area contributed by atoms with Crippen LogP contribution < -0.4 is 5.69 Å². The van der Waals surface area contributed by atoms with Crippen LogP contribution in [0.4, 0.5) is 0 Å². The van der Waals surface area contributed by atoms with Gasteiger partial charge in [-0.05, 0) is 44.7 Å². The summed E-state index contributed by atoms with van der Waals surface area (Å²) in [5, 5.41) is 7.64. The predicted octanol–water partition coefficient (Wildman–Crippen LogP) is 1.90. The molecule has 0 unspecified atom stereocenters. The first-order chi connectivity index (χ1) is 8.99. The molecule has 0 radical (unpaired) electrons. The van der Waals surface area contributed by atoms with Crippen molar-refractivity contribution in [2.75, 3.05) is 0 Å². The van der Waals surface area contributed by atoms with Gasteiger partial charge in [0.05, 0.1) is 0 Å². The molecular weight excluding hydrogens is 264 g/mol. The molecule has 0 saturated heterocycles. The molecule has 6 nitrogen and oxygen atoms in total. The average molecular weight is 278 g/mol. The quantitative estimate of drug-likeness (QED) is 0.864. The Kier molecular flexibility index (Phi) is 3.84. The summed E-state index contributed by atoms with van der Waals surface area (Å²) in [6.07, 6.45) is 1.52. The third kappa shape index (κ3) is 2.93. The van der Waals surface area contributed by atoms with Gasteiger partial charge in [0.25, 0.3) is 0 Å². The summed E-state index contributed by atoms with van der Waals surface area (Å²) in [4.78, 5) is 26.9. The van der Waals surface area contributed by atoms with E-state index in [2.05, 4.69) is 15.2 Å². The van der Waals surface area contributed by atoms with Crippen LogP contribution in [0.2, 0.25) is 0 Å². The number of H-pyrrole nitrogens is 1. The highest BCUT2D eigenvalue weighted by atomic mass is 32.2. The van der Waals surface area contributed by atoms with E-state index in [0.717, 1.165) is 0 Å². The lowest BCUT2D eigenvalue weighted by Gasteiger charge is -2.07. The van der Waals surface area contributed by atoms with E-state index < -0.39 is 0 Å². The second-order valence-electron chi connectivity index (χ2n) is 4.32. The highest BCUT2D eigenvalue weighted by molar-refractivity contribution is 7.99. The lowest BCUT2D eigenvalue weighted by molar-refractivity contribution is 0.101. The zero-order valence-electron chi connectivity index (χ0n) is 10.9. The Morgan fingerprint density at radius 1 is 1.42 bits per heavy atom. The lowest BCUT2D eigenvalue weighted by Crippen LogP contribution is -2.19. The minimum atomic E-state index is -0.238. The van der Waals surface area contributed by atoms with E-state index in [1.165, 1.54) is 24.9 Å². The fraction of sp³-hybridized carbons (Fsp3) is 0.333. The van der Waals surface area contributed by atoms with Gasteiger partial charge in [-0.3, -0.25) is 9.36 Å². The van der Waals surface area contributed by atoms with Crippen LogP contribution in [0.3, 0.4) is 0 Å². The number of Topliss-reactive ketones (excluding diaryl/α,β-unsaturated/α-hetero) is 1. The molecule has 0 aromatic carbocycles. The number of ketones is 1. The van der Waals surface area contributed by atoms with Gasteiger partial charge < -0.3 is 0 Å². The van der Waals surface area contributed by atoms with Gasteiger partial charge in [0.2, 0.25) is 0 Å². The van der Waals surface area contributed by atoms with Gasteiger partial charge in [0.15, 0.2) is 10.9 Å². The normalized spacial score (nSPS) is 10.9. The lowest BCUT2D eigenvalue weighted by atomic mass is 10.2. The number of nitrogens with one attached hydrogen (secondary N) is 1. The van der Waals surface area contributed by atoms with E-state index in [0.29, 0.717) is 15.7 Å². The number of hydrogen-bond acceptors (Lipinski definition) is 5. The summed E-state index contributed by atoms with van der Waals surface area (Å²) in [6.45, 7) is 5.31. The number of rotatable bonds is 4. The van der Waals surface area contributed by atoms with E-state index in [1.54, 1.807) is 16.7 Å². The molecule has 19 heavy (non-hydrogen) atoms. The summed E-state index contributed by atoms with van der Waals surface area (Å²) in [7, 11) is 0. The van der Waals surface area contributed by atoms with Crippen molar-refractivity contribution in [2.24, 2.45) is 0 Å². The minimum Gasteiger partial charge on any atom is -0.294 e. The highest BCUT2D eigenvalue weighted by Crippen LogP contribution is 2.24. The average Bonchev–Trinajstić information content (AvgIpc) is 2.71. The van der Waals surface area contributed by atoms with Crippen molar-refractivity contribution in [2.45, 2.75) is 37.0 Å². The maximum atomic E-state index is 11.6. The van der Waals surface area contributed by atoms with E-state index in [9.17, 15) is 9.59 Å².